The number of nitrogens with one attached hydrogen (secondary N) is 1. The number of halogens is 2. The van der Waals surface area contributed by atoms with Gasteiger partial charge in [-0.2, -0.15) is 0 Å². The molecule has 2 N–H and O–H groups in total. The summed E-state index contributed by atoms with van der Waals surface area (Å²) in [4.78, 5) is 10.8. The Labute approximate surface area is 101 Å². The molecule has 6 heteroatoms. The number of benzene rings is 1. The van der Waals surface area contributed by atoms with Crippen LogP contribution in [0.2, 0.25) is 0 Å². The predicted molar refractivity (Wildman–Crippen MR) is 60.3 cm³/mol. The average Bonchev–Trinajstić information content (AvgIpc) is 2.57. The number of ether oxygens (including phenoxy) is 1. The van der Waals surface area contributed by atoms with Crippen molar-refractivity contribution in [1.29, 1.82) is 0 Å². The molecule has 1 aromatic carbocycles. The number of carbonyl (C=O) groups excluding carboxylic acids is 1. The Morgan fingerprint density at radius 3 is 2.87 bits per heavy atom. The van der Waals surface area contributed by atoms with Crippen molar-refractivity contribution in [2.45, 2.75) is 6.04 Å². The summed E-state index contributed by atoms with van der Waals surface area (Å²) in [7, 11) is 0. The van der Waals surface area contributed by atoms with E-state index in [2.05, 4.69) is 21.2 Å². The lowest BCUT2D eigenvalue weighted by atomic mass is 10.1. The highest BCUT2D eigenvalue weighted by Gasteiger charge is 2.26. The molecule has 15 heavy (non-hydrogen) atoms. The zero-order valence-corrected chi connectivity index (χ0v) is 9.97. The van der Waals surface area contributed by atoms with Crippen molar-refractivity contribution in [2.24, 2.45) is 0 Å². The zero-order valence-electron chi connectivity index (χ0n) is 7.57. The monoisotopic (exact) mass is 293 g/mol. The summed E-state index contributed by atoms with van der Waals surface area (Å²) in [5.41, 5.74) is 0.658. The van der Waals surface area contributed by atoms with Crippen LogP contribution < -0.4 is 5.32 Å². The van der Waals surface area contributed by atoms with Crippen LogP contribution in [0.5, 0.6) is 5.75 Å². The van der Waals surface area contributed by atoms with Crippen molar-refractivity contribution < 1.29 is 14.6 Å². The van der Waals surface area contributed by atoms with E-state index in [4.69, 9.17) is 4.74 Å². The van der Waals surface area contributed by atoms with Crippen LogP contribution in [0.1, 0.15) is 11.6 Å². The second kappa shape index (κ2) is 4.72. The number of phenolic OH excluding ortho intramolecular Hbond substituents is 1. The largest absolute Gasteiger partial charge is 0.506 e. The minimum Gasteiger partial charge on any atom is -0.506 e. The molecule has 0 bridgehead atoms. The van der Waals surface area contributed by atoms with E-state index < -0.39 is 6.09 Å². The fraction of sp³-hybridized carbons (Fsp3) is 0.222. The minimum absolute atomic E-state index is 0. The molecule has 0 saturated carbocycles. The molecule has 82 valence electrons. The number of cyclic esters (lactones) is 1. The van der Waals surface area contributed by atoms with Gasteiger partial charge in [-0.1, -0.05) is 12.1 Å². The third kappa shape index (κ3) is 2.35. The second-order valence-corrected chi connectivity index (χ2v) is 3.83. The van der Waals surface area contributed by atoms with Gasteiger partial charge < -0.3 is 15.2 Å². The number of amides is 1. The van der Waals surface area contributed by atoms with Crippen molar-refractivity contribution in [2.75, 3.05) is 6.61 Å². The van der Waals surface area contributed by atoms with Gasteiger partial charge in [-0.3, -0.25) is 0 Å². The first-order chi connectivity index (χ1) is 6.68. The predicted octanol–water partition coefficient (Wildman–Crippen LogP) is 2.36. The molecular formula is C9H9BrClNO3. The summed E-state index contributed by atoms with van der Waals surface area (Å²) >= 11 is 3.20. The first-order valence-electron chi connectivity index (χ1n) is 4.09. The van der Waals surface area contributed by atoms with Gasteiger partial charge in [0, 0.05) is 5.56 Å². The number of phenols is 1. The average molecular weight is 295 g/mol. The van der Waals surface area contributed by atoms with Crippen LogP contribution in [0.4, 0.5) is 4.79 Å². The third-order valence-corrected chi connectivity index (χ3v) is 2.71. The summed E-state index contributed by atoms with van der Waals surface area (Å²) in [5, 5.41) is 12.3. The summed E-state index contributed by atoms with van der Waals surface area (Å²) in [6, 6.07) is 5.01. The smallest absolute Gasteiger partial charge is 0.407 e. The summed E-state index contributed by atoms with van der Waals surface area (Å²) in [6.45, 7) is 0.253. The van der Waals surface area contributed by atoms with E-state index in [-0.39, 0.29) is 30.8 Å². The van der Waals surface area contributed by atoms with Gasteiger partial charge in [-0.05, 0) is 22.0 Å². The van der Waals surface area contributed by atoms with Gasteiger partial charge in [0.2, 0.25) is 0 Å². The number of para-hydroxylation sites is 1. The molecule has 0 unspecified atom stereocenters. The highest BCUT2D eigenvalue weighted by Crippen LogP contribution is 2.32. The second-order valence-electron chi connectivity index (χ2n) is 2.97. The normalized spacial score (nSPS) is 19.0. The van der Waals surface area contributed by atoms with Gasteiger partial charge in [0.05, 0.1) is 10.5 Å². The van der Waals surface area contributed by atoms with Gasteiger partial charge in [-0.25, -0.2) is 4.79 Å². The van der Waals surface area contributed by atoms with Crippen LogP contribution in [-0.2, 0) is 4.74 Å². The third-order valence-electron chi connectivity index (χ3n) is 2.07. The Morgan fingerprint density at radius 2 is 2.27 bits per heavy atom. The maximum Gasteiger partial charge on any atom is 0.407 e. The molecule has 1 heterocycles. The maximum absolute atomic E-state index is 10.8. The molecule has 1 fully saturated rings. The molecule has 0 spiro atoms. The molecule has 1 aliphatic rings. The number of alkyl carbamates (subject to hydrolysis) is 1. The molecule has 1 aliphatic heterocycles. The molecule has 0 radical (unpaired) electrons. The highest BCUT2D eigenvalue weighted by molar-refractivity contribution is 9.10. The van der Waals surface area contributed by atoms with Gasteiger partial charge in [0.1, 0.15) is 12.4 Å². The summed E-state index contributed by atoms with van der Waals surface area (Å²) in [6.07, 6.45) is -0.450. The van der Waals surface area contributed by atoms with E-state index in [9.17, 15) is 9.90 Å². The molecule has 4 nitrogen and oxygen atoms in total. The quantitative estimate of drug-likeness (QED) is 0.836. The van der Waals surface area contributed by atoms with Crippen molar-refractivity contribution in [3.05, 3.63) is 28.2 Å². The van der Waals surface area contributed by atoms with E-state index >= 15 is 0 Å². The van der Waals surface area contributed by atoms with E-state index in [0.29, 0.717) is 10.0 Å². The lowest BCUT2D eigenvalue weighted by molar-refractivity contribution is 0.177. The molecule has 1 aromatic rings. The van der Waals surface area contributed by atoms with Crippen LogP contribution in [0.15, 0.2) is 22.7 Å². The number of rotatable bonds is 1. The number of hydrogen-bond acceptors (Lipinski definition) is 3. The number of aromatic hydroxyl groups is 1. The Hall–Kier alpha value is -0.940. The molecule has 2 rings (SSSR count). The van der Waals surface area contributed by atoms with Gasteiger partial charge in [0.15, 0.2) is 0 Å². The number of carbonyl (C=O) groups is 1. The SMILES string of the molecule is Cl.O=C1N[C@@H](c2cccc(Br)c2O)CO1. The Kier molecular flexibility index (Phi) is 3.82. The van der Waals surface area contributed by atoms with Crippen LogP contribution in [0, 0.1) is 0 Å². The zero-order chi connectivity index (χ0) is 10.1. The van der Waals surface area contributed by atoms with Crippen LogP contribution >= 0.6 is 28.3 Å². The molecule has 0 aromatic heterocycles. The van der Waals surface area contributed by atoms with Gasteiger partial charge >= 0.3 is 6.09 Å². The lowest BCUT2D eigenvalue weighted by Crippen LogP contribution is -2.18. The fourth-order valence-corrected chi connectivity index (χ4v) is 1.75. The lowest BCUT2D eigenvalue weighted by Gasteiger charge is -2.10. The molecule has 1 amide bonds. The highest BCUT2D eigenvalue weighted by atomic mass is 79.9. The van der Waals surface area contributed by atoms with Crippen LogP contribution in [0.3, 0.4) is 0 Å². The van der Waals surface area contributed by atoms with E-state index in [1.807, 2.05) is 0 Å². The Bertz CT molecular complexity index is 386. The van der Waals surface area contributed by atoms with Crippen molar-refractivity contribution >= 4 is 34.4 Å². The Morgan fingerprint density at radius 1 is 1.53 bits per heavy atom. The maximum atomic E-state index is 10.8. The number of hydrogen-bond donors (Lipinski definition) is 2. The van der Waals surface area contributed by atoms with Crippen LogP contribution in [0.25, 0.3) is 0 Å². The van der Waals surface area contributed by atoms with Gasteiger partial charge in [0.25, 0.3) is 0 Å². The van der Waals surface area contributed by atoms with Gasteiger partial charge in [-0.15, -0.1) is 12.4 Å². The van der Waals surface area contributed by atoms with E-state index in [1.165, 1.54) is 0 Å². The van der Waals surface area contributed by atoms with Crippen molar-refractivity contribution in [3.8, 4) is 5.75 Å². The molecule has 1 saturated heterocycles. The minimum atomic E-state index is -0.450. The standard InChI is InChI=1S/C9H8BrNO3.ClH/c10-6-3-1-2-5(8(6)12)7-4-14-9(13)11-7;/h1-3,7,12H,4H2,(H,11,13);1H/t7-;/m1./s1. The molecular weight excluding hydrogens is 285 g/mol. The van der Waals surface area contributed by atoms with E-state index in [0.717, 1.165) is 0 Å². The molecule has 0 aliphatic carbocycles. The van der Waals surface area contributed by atoms with E-state index in [1.54, 1.807) is 18.2 Å². The van der Waals surface area contributed by atoms with Crippen molar-refractivity contribution in [1.82, 2.24) is 5.32 Å². The fourth-order valence-electron chi connectivity index (χ4n) is 1.37. The molecule has 1 atom stereocenters. The van der Waals surface area contributed by atoms with Crippen LogP contribution in [-0.4, -0.2) is 17.8 Å². The first-order valence-corrected chi connectivity index (χ1v) is 4.88. The summed E-state index contributed by atoms with van der Waals surface area (Å²) < 4.78 is 5.35. The summed E-state index contributed by atoms with van der Waals surface area (Å²) in [5.74, 6) is 0.142. The topological polar surface area (TPSA) is 58.6 Å². The Balaban J connectivity index is 0.00000112. The first kappa shape index (κ1) is 12.1. The van der Waals surface area contributed by atoms with Crippen molar-refractivity contribution in [3.63, 3.8) is 0 Å².